The predicted molar refractivity (Wildman–Crippen MR) is 111 cm³/mol. The third-order valence-corrected chi connectivity index (χ3v) is 4.88. The van der Waals surface area contributed by atoms with E-state index in [9.17, 15) is 9.59 Å². The number of benzene rings is 1. The van der Waals surface area contributed by atoms with Crippen LogP contribution < -0.4 is 0 Å². The number of furan rings is 1. The van der Waals surface area contributed by atoms with Crippen LogP contribution in [0.5, 0.6) is 0 Å². The van der Waals surface area contributed by atoms with Crippen LogP contribution in [0.4, 0.5) is 0 Å². The highest BCUT2D eigenvalue weighted by Gasteiger charge is 2.13. The number of aromatic nitrogens is 2. The Morgan fingerprint density at radius 2 is 1.97 bits per heavy atom. The minimum absolute atomic E-state index is 0.0521. The van der Waals surface area contributed by atoms with E-state index in [0.717, 1.165) is 22.5 Å². The molecule has 0 N–H and O–H groups in total. The van der Waals surface area contributed by atoms with Gasteiger partial charge in [-0.05, 0) is 43.7 Å². The number of nitrogens with zero attached hydrogens (tertiary/aromatic N) is 2. The number of hydrogen-bond acceptors (Lipinski definition) is 6. The van der Waals surface area contributed by atoms with Gasteiger partial charge in [-0.25, -0.2) is 9.59 Å². The van der Waals surface area contributed by atoms with Crippen molar-refractivity contribution in [1.29, 1.82) is 0 Å². The van der Waals surface area contributed by atoms with Gasteiger partial charge in [0, 0.05) is 22.4 Å². The van der Waals surface area contributed by atoms with E-state index in [1.165, 1.54) is 19.3 Å². The molecule has 0 radical (unpaired) electrons. The molecule has 7 nitrogen and oxygen atoms in total. The highest BCUT2D eigenvalue weighted by atomic mass is 35.5. The lowest BCUT2D eigenvalue weighted by atomic mass is 10.1. The Kier molecular flexibility index (Phi) is 6.74. The van der Waals surface area contributed by atoms with Crippen LogP contribution in [-0.4, -0.2) is 28.8 Å². The van der Waals surface area contributed by atoms with E-state index in [2.05, 4.69) is 9.84 Å². The standard InChI is InChI=1S/C22H21ClN2O5/c1-14-18(15(2)25(24-14)12-16-6-4-5-7-19(16)23)9-11-21(26)29-13-17-8-10-20(30-17)22(27)28-3/h4-11H,12-13H2,1-3H3/b11-9+. The lowest BCUT2D eigenvalue weighted by Crippen LogP contribution is -2.04. The van der Waals surface area contributed by atoms with Crippen molar-refractivity contribution in [3.05, 3.63) is 81.5 Å². The molecule has 0 spiro atoms. The molecule has 0 unspecified atom stereocenters. The second-order valence-corrected chi connectivity index (χ2v) is 6.94. The predicted octanol–water partition coefficient (Wildman–Crippen LogP) is 4.34. The van der Waals surface area contributed by atoms with Crippen LogP contribution >= 0.6 is 11.6 Å². The second-order valence-electron chi connectivity index (χ2n) is 6.53. The zero-order chi connectivity index (χ0) is 21.7. The van der Waals surface area contributed by atoms with Gasteiger partial charge in [-0.3, -0.25) is 4.68 Å². The highest BCUT2D eigenvalue weighted by molar-refractivity contribution is 6.31. The molecule has 0 bridgehead atoms. The zero-order valence-electron chi connectivity index (χ0n) is 16.8. The van der Waals surface area contributed by atoms with E-state index >= 15 is 0 Å². The van der Waals surface area contributed by atoms with Gasteiger partial charge in [-0.1, -0.05) is 29.8 Å². The Hall–Kier alpha value is -3.32. The van der Waals surface area contributed by atoms with Crippen molar-refractivity contribution >= 4 is 29.6 Å². The number of aryl methyl sites for hydroxylation is 1. The number of hydrogen-bond donors (Lipinski definition) is 0. The number of rotatable bonds is 7. The molecular weight excluding hydrogens is 408 g/mol. The maximum atomic E-state index is 12.1. The first kappa shape index (κ1) is 21.4. The molecule has 0 aliphatic rings. The summed E-state index contributed by atoms with van der Waals surface area (Å²) < 4.78 is 16.8. The molecule has 30 heavy (non-hydrogen) atoms. The number of methoxy groups -OCH3 is 1. The van der Waals surface area contributed by atoms with E-state index in [-0.39, 0.29) is 12.4 Å². The Morgan fingerprint density at radius 1 is 1.20 bits per heavy atom. The van der Waals surface area contributed by atoms with Crippen molar-refractivity contribution in [3.8, 4) is 0 Å². The molecule has 0 atom stereocenters. The fourth-order valence-corrected chi connectivity index (χ4v) is 3.10. The molecule has 2 heterocycles. The Balaban J connectivity index is 1.63. The molecule has 0 amide bonds. The highest BCUT2D eigenvalue weighted by Crippen LogP contribution is 2.20. The maximum Gasteiger partial charge on any atom is 0.373 e. The molecular formula is C22H21ClN2O5. The minimum atomic E-state index is -0.591. The van der Waals surface area contributed by atoms with E-state index in [1.54, 1.807) is 12.1 Å². The molecule has 156 valence electrons. The molecule has 2 aromatic heterocycles. The first-order valence-corrected chi connectivity index (χ1v) is 9.56. The number of carbonyl (C=O) groups is 2. The van der Waals surface area contributed by atoms with Crippen molar-refractivity contribution in [2.45, 2.75) is 27.0 Å². The molecule has 3 aromatic rings. The van der Waals surface area contributed by atoms with E-state index in [1.807, 2.05) is 42.8 Å². The molecule has 0 fully saturated rings. The maximum absolute atomic E-state index is 12.1. The lowest BCUT2D eigenvalue weighted by Gasteiger charge is -2.06. The Morgan fingerprint density at radius 3 is 2.70 bits per heavy atom. The molecule has 3 rings (SSSR count). The summed E-state index contributed by atoms with van der Waals surface area (Å²) in [5, 5.41) is 5.22. The van der Waals surface area contributed by atoms with Crippen molar-refractivity contribution in [3.63, 3.8) is 0 Å². The van der Waals surface area contributed by atoms with Gasteiger partial charge >= 0.3 is 11.9 Å². The van der Waals surface area contributed by atoms with Crippen LogP contribution in [0.2, 0.25) is 5.02 Å². The van der Waals surface area contributed by atoms with Gasteiger partial charge in [0.25, 0.3) is 0 Å². The second kappa shape index (κ2) is 9.45. The smallest absolute Gasteiger partial charge is 0.373 e. The average molecular weight is 429 g/mol. The molecule has 8 heteroatoms. The van der Waals surface area contributed by atoms with E-state index in [0.29, 0.717) is 17.3 Å². The van der Waals surface area contributed by atoms with Gasteiger partial charge in [0.05, 0.1) is 19.3 Å². The Bertz CT molecular complexity index is 1100. The Labute approximate surface area is 178 Å². The zero-order valence-corrected chi connectivity index (χ0v) is 17.6. The first-order valence-electron chi connectivity index (χ1n) is 9.18. The molecule has 0 aliphatic carbocycles. The van der Waals surface area contributed by atoms with Gasteiger partial charge in [-0.15, -0.1) is 0 Å². The summed E-state index contributed by atoms with van der Waals surface area (Å²) in [7, 11) is 1.26. The van der Waals surface area contributed by atoms with Crippen LogP contribution in [-0.2, 0) is 27.4 Å². The topological polar surface area (TPSA) is 83.6 Å². The fraction of sp³-hybridized carbons (Fsp3) is 0.227. The number of esters is 2. The first-order chi connectivity index (χ1) is 14.4. The van der Waals surface area contributed by atoms with Crippen molar-refractivity contribution in [2.75, 3.05) is 7.11 Å². The molecule has 0 saturated heterocycles. The normalized spacial score (nSPS) is 11.1. The molecule has 0 aliphatic heterocycles. The monoisotopic (exact) mass is 428 g/mol. The number of halogens is 1. The van der Waals surface area contributed by atoms with Gasteiger partial charge < -0.3 is 13.9 Å². The van der Waals surface area contributed by atoms with Crippen molar-refractivity contribution < 1.29 is 23.5 Å². The minimum Gasteiger partial charge on any atom is -0.463 e. The number of carbonyl (C=O) groups excluding carboxylic acids is 2. The van der Waals surface area contributed by atoms with E-state index in [4.69, 9.17) is 20.8 Å². The lowest BCUT2D eigenvalue weighted by molar-refractivity contribution is -0.139. The van der Waals surface area contributed by atoms with E-state index < -0.39 is 11.9 Å². The van der Waals surface area contributed by atoms with Crippen molar-refractivity contribution in [2.24, 2.45) is 0 Å². The van der Waals surface area contributed by atoms with Crippen LogP contribution in [0.3, 0.4) is 0 Å². The van der Waals surface area contributed by atoms with Gasteiger partial charge in [-0.2, -0.15) is 5.10 Å². The summed E-state index contributed by atoms with van der Waals surface area (Å²) in [6.45, 7) is 4.24. The van der Waals surface area contributed by atoms with Crippen LogP contribution in [0.15, 0.2) is 46.9 Å². The van der Waals surface area contributed by atoms with Gasteiger partial charge in [0.2, 0.25) is 5.76 Å². The van der Waals surface area contributed by atoms with Crippen LogP contribution in [0.25, 0.3) is 6.08 Å². The summed E-state index contributed by atoms with van der Waals surface area (Å²) in [6, 6.07) is 10.6. The molecule has 0 saturated carbocycles. The van der Waals surface area contributed by atoms with Crippen LogP contribution in [0.1, 0.15) is 38.8 Å². The van der Waals surface area contributed by atoms with Gasteiger partial charge in [0.15, 0.2) is 0 Å². The average Bonchev–Trinajstić information content (AvgIpc) is 3.31. The van der Waals surface area contributed by atoms with Gasteiger partial charge in [0.1, 0.15) is 12.4 Å². The summed E-state index contributed by atoms with van der Waals surface area (Å²) in [4.78, 5) is 23.4. The van der Waals surface area contributed by atoms with Crippen LogP contribution in [0, 0.1) is 13.8 Å². The third kappa shape index (κ3) is 4.99. The van der Waals surface area contributed by atoms with Crippen molar-refractivity contribution in [1.82, 2.24) is 9.78 Å². The molecule has 1 aromatic carbocycles. The summed E-state index contributed by atoms with van der Waals surface area (Å²) >= 11 is 6.24. The summed E-state index contributed by atoms with van der Waals surface area (Å²) in [5.41, 5.74) is 3.50. The largest absolute Gasteiger partial charge is 0.463 e. The fourth-order valence-electron chi connectivity index (χ4n) is 2.90. The third-order valence-electron chi connectivity index (χ3n) is 4.51. The summed E-state index contributed by atoms with van der Waals surface area (Å²) in [6.07, 6.45) is 3.01. The quantitative estimate of drug-likeness (QED) is 0.411. The SMILES string of the molecule is COC(=O)c1ccc(COC(=O)/C=C/c2c(C)nn(Cc3ccccc3Cl)c2C)o1. The number of ether oxygens (including phenoxy) is 2. The summed E-state index contributed by atoms with van der Waals surface area (Å²) in [5.74, 6) is -0.732.